The zero-order valence-corrected chi connectivity index (χ0v) is 24.6. The number of allylic oxidation sites excluding steroid dienone is 3. The van der Waals surface area contributed by atoms with Crippen molar-refractivity contribution < 1.29 is 36.3 Å². The lowest BCUT2D eigenvalue weighted by atomic mass is 9.75. The molecule has 1 aliphatic heterocycles. The molecule has 2 unspecified atom stereocenters. The lowest BCUT2D eigenvalue weighted by Crippen LogP contribution is -2.53. The van der Waals surface area contributed by atoms with E-state index in [-0.39, 0.29) is 49.9 Å². The van der Waals surface area contributed by atoms with Crippen molar-refractivity contribution in [3.8, 4) is 0 Å². The number of amides is 2. The summed E-state index contributed by atoms with van der Waals surface area (Å²) in [6.45, 7) is 1.61. The third-order valence-electron chi connectivity index (χ3n) is 7.88. The Kier molecular flexibility index (Phi) is 9.38. The van der Waals surface area contributed by atoms with E-state index in [4.69, 9.17) is 5.73 Å². The lowest BCUT2D eigenvalue weighted by molar-refractivity contribution is -0.142. The van der Waals surface area contributed by atoms with Crippen LogP contribution in [0, 0.1) is 5.92 Å². The number of carbonyl (C=O) groups excluding carboxylic acids is 2. The van der Waals surface area contributed by atoms with Crippen molar-refractivity contribution in [2.45, 2.75) is 50.3 Å². The van der Waals surface area contributed by atoms with Crippen LogP contribution in [0.3, 0.4) is 0 Å². The summed E-state index contributed by atoms with van der Waals surface area (Å²) in [6, 6.07) is 10.3. The van der Waals surface area contributed by atoms with Crippen LogP contribution < -0.4 is 16.4 Å². The number of hydrogen-bond acceptors (Lipinski definition) is 6. The van der Waals surface area contributed by atoms with E-state index in [1.165, 1.54) is 17.3 Å². The Bertz CT molecular complexity index is 1530. The van der Waals surface area contributed by atoms with Crippen LogP contribution in [0.4, 0.5) is 30.2 Å². The molecule has 0 aromatic heterocycles. The molecule has 1 aliphatic carbocycles. The van der Waals surface area contributed by atoms with Crippen LogP contribution in [0.5, 0.6) is 0 Å². The second-order valence-corrected chi connectivity index (χ2v) is 13.1. The van der Waals surface area contributed by atoms with Crippen LogP contribution in [0.25, 0.3) is 0 Å². The number of nitrogens with one attached hydrogen (secondary N) is 2. The molecule has 2 aromatic carbocycles. The van der Waals surface area contributed by atoms with Crippen molar-refractivity contribution in [1.82, 2.24) is 4.31 Å². The largest absolute Gasteiger partial charge is 0.418 e. The van der Waals surface area contributed by atoms with Crippen molar-refractivity contribution >= 4 is 38.9 Å². The second-order valence-electron chi connectivity index (χ2n) is 11.1. The van der Waals surface area contributed by atoms with Gasteiger partial charge in [-0.25, -0.2) is 12.7 Å². The summed E-state index contributed by atoms with van der Waals surface area (Å²) in [6.07, 6.45) is 2.88. The molecule has 0 radical (unpaired) electrons. The SMILES string of the molecule is CC(=O)Nc1ccc(C2C=C(CC(O)(C(=O)Nc3ccc(N)c(C(F)(F)F)c3)C3CCN(S(C)(=O)=O)CC3)C=CC2)cc1. The zero-order chi connectivity index (χ0) is 31.6. The number of sulfonamides is 1. The van der Waals surface area contributed by atoms with Gasteiger partial charge in [0.2, 0.25) is 15.9 Å². The predicted octanol–water partition coefficient (Wildman–Crippen LogP) is 4.65. The number of benzene rings is 2. The highest BCUT2D eigenvalue weighted by Crippen LogP contribution is 2.39. The minimum absolute atomic E-state index is 0.0859. The summed E-state index contributed by atoms with van der Waals surface area (Å²) >= 11 is 0. The van der Waals surface area contributed by atoms with E-state index >= 15 is 0 Å². The van der Waals surface area contributed by atoms with E-state index in [0.717, 1.165) is 24.0 Å². The van der Waals surface area contributed by atoms with Gasteiger partial charge in [-0.3, -0.25) is 9.59 Å². The number of piperidine rings is 1. The van der Waals surface area contributed by atoms with E-state index in [1.54, 1.807) is 18.2 Å². The van der Waals surface area contributed by atoms with Crippen LogP contribution in [0.15, 0.2) is 66.3 Å². The van der Waals surface area contributed by atoms with Crippen LogP contribution in [-0.4, -0.2) is 54.6 Å². The maximum absolute atomic E-state index is 13.7. The Balaban J connectivity index is 1.62. The number of carbonyl (C=O) groups is 2. The summed E-state index contributed by atoms with van der Waals surface area (Å²) in [5.74, 6) is -1.84. The molecule has 1 saturated heterocycles. The molecule has 4 rings (SSSR count). The summed E-state index contributed by atoms with van der Waals surface area (Å²) in [7, 11) is -3.47. The predicted molar refractivity (Wildman–Crippen MR) is 159 cm³/mol. The zero-order valence-electron chi connectivity index (χ0n) is 23.8. The van der Waals surface area contributed by atoms with E-state index in [1.807, 2.05) is 24.3 Å². The molecule has 1 heterocycles. The van der Waals surface area contributed by atoms with Crippen LogP contribution in [0.2, 0.25) is 0 Å². The average molecular weight is 621 g/mol. The molecule has 0 bridgehead atoms. The smallest absolute Gasteiger partial charge is 0.398 e. The monoisotopic (exact) mass is 620 g/mol. The average Bonchev–Trinajstić information content (AvgIpc) is 2.93. The number of halogens is 3. The van der Waals surface area contributed by atoms with Crippen molar-refractivity contribution in [2.75, 3.05) is 35.7 Å². The maximum atomic E-state index is 13.7. The quantitative estimate of drug-likeness (QED) is 0.317. The molecular weight excluding hydrogens is 585 g/mol. The molecule has 2 amide bonds. The number of rotatable bonds is 8. The normalized spacial score (nSPS) is 19.8. The molecule has 43 heavy (non-hydrogen) atoms. The Morgan fingerprint density at radius 2 is 1.67 bits per heavy atom. The van der Waals surface area contributed by atoms with E-state index < -0.39 is 44.9 Å². The fourth-order valence-corrected chi connectivity index (χ4v) is 6.49. The molecule has 0 saturated carbocycles. The Labute approximate surface area is 248 Å². The number of aliphatic hydroxyl groups is 1. The summed E-state index contributed by atoms with van der Waals surface area (Å²) in [5, 5.41) is 17.2. The van der Waals surface area contributed by atoms with Crippen molar-refractivity contribution in [1.29, 1.82) is 0 Å². The van der Waals surface area contributed by atoms with Crippen LogP contribution >= 0.6 is 0 Å². The lowest BCUT2D eigenvalue weighted by Gasteiger charge is -2.40. The molecule has 1 fully saturated rings. The fourth-order valence-electron chi connectivity index (χ4n) is 5.62. The van der Waals surface area contributed by atoms with Gasteiger partial charge in [0, 0.05) is 49.4 Å². The van der Waals surface area contributed by atoms with Gasteiger partial charge < -0.3 is 21.5 Å². The van der Waals surface area contributed by atoms with Gasteiger partial charge in [0.25, 0.3) is 5.91 Å². The topological polar surface area (TPSA) is 142 Å². The van der Waals surface area contributed by atoms with E-state index in [0.29, 0.717) is 17.7 Å². The van der Waals surface area contributed by atoms with Crippen molar-refractivity contribution in [3.63, 3.8) is 0 Å². The van der Waals surface area contributed by atoms with Gasteiger partial charge in [0.1, 0.15) is 5.60 Å². The Morgan fingerprint density at radius 1 is 1.05 bits per heavy atom. The minimum Gasteiger partial charge on any atom is -0.398 e. The molecule has 2 aliphatic rings. The summed E-state index contributed by atoms with van der Waals surface area (Å²) in [4.78, 5) is 25.1. The van der Waals surface area contributed by atoms with Gasteiger partial charge in [-0.15, -0.1) is 0 Å². The number of nitrogens with two attached hydrogens (primary N) is 1. The first-order valence-electron chi connectivity index (χ1n) is 13.8. The molecule has 232 valence electrons. The number of hydrogen-bond donors (Lipinski definition) is 4. The van der Waals surface area contributed by atoms with E-state index in [2.05, 4.69) is 10.6 Å². The van der Waals surface area contributed by atoms with Gasteiger partial charge in [-0.05, 0) is 66.6 Å². The molecular formula is C30H35F3N4O5S. The minimum atomic E-state index is -4.74. The van der Waals surface area contributed by atoms with Crippen LogP contribution in [-0.2, 0) is 25.8 Å². The van der Waals surface area contributed by atoms with Gasteiger partial charge in [0.05, 0.1) is 11.8 Å². The first-order chi connectivity index (χ1) is 20.1. The number of anilines is 3. The fraction of sp³-hybridized carbons (Fsp3) is 0.400. The third-order valence-corrected chi connectivity index (χ3v) is 9.18. The maximum Gasteiger partial charge on any atom is 0.418 e. The molecule has 2 atom stereocenters. The van der Waals surface area contributed by atoms with Crippen molar-refractivity contribution in [2.24, 2.45) is 5.92 Å². The highest BCUT2D eigenvalue weighted by molar-refractivity contribution is 7.88. The standard InChI is InChI=1S/C30H35F3N4O5S/c1-19(38)35-24-8-6-21(7-9-24)22-5-3-4-20(16-22)18-29(40,23-12-14-37(15-13-23)43(2,41)42)28(39)36-25-10-11-27(34)26(17-25)30(31,32)33/h3-4,6-11,16-17,22-23,40H,5,12-15,18,34H2,1-2H3,(H,35,38)(H,36,39). The molecule has 0 spiro atoms. The van der Waals surface area contributed by atoms with Gasteiger partial charge in [-0.2, -0.15) is 13.2 Å². The summed E-state index contributed by atoms with van der Waals surface area (Å²) in [5.41, 5.74) is 3.91. The molecule has 13 heteroatoms. The van der Waals surface area contributed by atoms with Crippen LogP contribution in [0.1, 0.15) is 49.7 Å². The number of nitrogens with zero attached hydrogens (tertiary/aromatic N) is 1. The molecule has 9 nitrogen and oxygen atoms in total. The van der Waals surface area contributed by atoms with Gasteiger partial charge >= 0.3 is 6.18 Å². The highest BCUT2D eigenvalue weighted by atomic mass is 32.2. The second kappa shape index (κ2) is 12.5. The summed E-state index contributed by atoms with van der Waals surface area (Å²) < 4.78 is 65.8. The Hall–Kier alpha value is -3.68. The number of nitrogen functional groups attached to an aromatic ring is 1. The van der Waals surface area contributed by atoms with E-state index in [9.17, 15) is 36.3 Å². The number of alkyl halides is 3. The molecule has 2 aromatic rings. The first-order valence-corrected chi connectivity index (χ1v) is 15.6. The highest BCUT2D eigenvalue weighted by Gasteiger charge is 2.46. The first kappa shape index (κ1) is 32.2. The van der Waals surface area contributed by atoms with Gasteiger partial charge in [0.15, 0.2) is 0 Å². The van der Waals surface area contributed by atoms with Gasteiger partial charge in [-0.1, -0.05) is 30.4 Å². The molecule has 5 N–H and O–H groups in total. The third kappa shape index (κ3) is 7.84. The Morgan fingerprint density at radius 3 is 2.26 bits per heavy atom. The van der Waals surface area contributed by atoms with Crippen molar-refractivity contribution in [3.05, 3.63) is 77.4 Å².